The van der Waals surface area contributed by atoms with E-state index < -0.39 is 0 Å². The average Bonchev–Trinajstić information content (AvgIpc) is 2.29. The summed E-state index contributed by atoms with van der Waals surface area (Å²) in [6.45, 7) is 0.964. The number of hydrogen-bond acceptors (Lipinski definition) is 3. The van der Waals surface area contributed by atoms with Crippen molar-refractivity contribution in [2.24, 2.45) is 0 Å². The summed E-state index contributed by atoms with van der Waals surface area (Å²) in [5, 5.41) is 0.552. The van der Waals surface area contributed by atoms with Gasteiger partial charge in [0.15, 0.2) is 5.78 Å². The van der Waals surface area contributed by atoms with Gasteiger partial charge in [0.1, 0.15) is 0 Å². The van der Waals surface area contributed by atoms with Gasteiger partial charge in [-0.25, -0.2) is 0 Å². The molecule has 0 aromatic heterocycles. The quantitative estimate of drug-likeness (QED) is 0.758. The standard InChI is InChI=1S/C12H14ClNOS/c1-14-6-7-16-8-11(14)12(15)9-4-2-3-5-10(9)13/h2-5,11H,6-8H2,1H3. The van der Waals surface area contributed by atoms with Gasteiger partial charge in [-0.05, 0) is 19.2 Å². The van der Waals surface area contributed by atoms with Gasteiger partial charge in [-0.2, -0.15) is 11.8 Å². The maximum absolute atomic E-state index is 12.3. The van der Waals surface area contributed by atoms with E-state index in [2.05, 4.69) is 4.90 Å². The van der Waals surface area contributed by atoms with Crippen molar-refractivity contribution in [3.8, 4) is 0 Å². The van der Waals surface area contributed by atoms with E-state index in [9.17, 15) is 4.79 Å². The fourth-order valence-corrected chi connectivity index (χ4v) is 3.24. The van der Waals surface area contributed by atoms with Crippen molar-refractivity contribution in [3.05, 3.63) is 34.9 Å². The van der Waals surface area contributed by atoms with Crippen LogP contribution in [0.15, 0.2) is 24.3 Å². The van der Waals surface area contributed by atoms with Gasteiger partial charge in [0, 0.05) is 23.6 Å². The Labute approximate surface area is 105 Å². The fraction of sp³-hybridized carbons (Fsp3) is 0.417. The van der Waals surface area contributed by atoms with E-state index in [0.29, 0.717) is 10.6 Å². The predicted octanol–water partition coefficient (Wildman–Crippen LogP) is 2.57. The van der Waals surface area contributed by atoms with E-state index in [1.54, 1.807) is 12.1 Å². The summed E-state index contributed by atoms with van der Waals surface area (Å²) in [5.41, 5.74) is 0.642. The normalized spacial score (nSPS) is 22.0. The number of carbonyl (C=O) groups is 1. The molecule has 1 aromatic carbocycles. The van der Waals surface area contributed by atoms with E-state index in [0.717, 1.165) is 18.1 Å². The molecule has 0 spiro atoms. The molecule has 1 atom stereocenters. The molecule has 2 nitrogen and oxygen atoms in total. The maximum atomic E-state index is 12.3. The van der Waals surface area contributed by atoms with Crippen LogP contribution in [0.1, 0.15) is 10.4 Å². The van der Waals surface area contributed by atoms with E-state index in [-0.39, 0.29) is 11.8 Å². The summed E-state index contributed by atoms with van der Waals surface area (Å²) in [6, 6.07) is 7.24. The molecule has 0 amide bonds. The van der Waals surface area contributed by atoms with Crippen molar-refractivity contribution in [2.75, 3.05) is 25.1 Å². The van der Waals surface area contributed by atoms with Gasteiger partial charge in [0.25, 0.3) is 0 Å². The van der Waals surface area contributed by atoms with Crippen LogP contribution in [-0.2, 0) is 0 Å². The molecule has 0 saturated carbocycles. The summed E-state index contributed by atoms with van der Waals surface area (Å²) < 4.78 is 0. The van der Waals surface area contributed by atoms with Crippen LogP contribution >= 0.6 is 23.4 Å². The molecule has 1 fully saturated rings. The average molecular weight is 256 g/mol. The smallest absolute Gasteiger partial charge is 0.182 e. The lowest BCUT2D eigenvalue weighted by molar-refractivity contribution is 0.0874. The zero-order valence-electron chi connectivity index (χ0n) is 9.15. The van der Waals surface area contributed by atoms with Gasteiger partial charge in [-0.1, -0.05) is 23.7 Å². The topological polar surface area (TPSA) is 20.3 Å². The number of halogens is 1. The van der Waals surface area contributed by atoms with Crippen molar-refractivity contribution in [2.45, 2.75) is 6.04 Å². The Balaban J connectivity index is 2.21. The van der Waals surface area contributed by atoms with Gasteiger partial charge in [0.05, 0.1) is 11.1 Å². The first-order chi connectivity index (χ1) is 7.70. The third kappa shape index (κ3) is 2.42. The first kappa shape index (κ1) is 12.0. The van der Waals surface area contributed by atoms with Crippen LogP contribution < -0.4 is 0 Å². The first-order valence-electron chi connectivity index (χ1n) is 5.27. The van der Waals surface area contributed by atoms with Crippen molar-refractivity contribution in [1.29, 1.82) is 0 Å². The zero-order chi connectivity index (χ0) is 11.5. The molecule has 1 saturated heterocycles. The number of Topliss-reactive ketones (excluding diaryl/α,β-unsaturated/α-hetero) is 1. The van der Waals surface area contributed by atoms with E-state index in [1.807, 2.05) is 30.9 Å². The lowest BCUT2D eigenvalue weighted by Crippen LogP contribution is -2.44. The van der Waals surface area contributed by atoms with Gasteiger partial charge in [-0.15, -0.1) is 0 Å². The minimum absolute atomic E-state index is 0.0290. The first-order valence-corrected chi connectivity index (χ1v) is 6.80. The number of benzene rings is 1. The highest BCUT2D eigenvalue weighted by Gasteiger charge is 2.28. The minimum Gasteiger partial charge on any atom is -0.295 e. The summed E-state index contributed by atoms with van der Waals surface area (Å²) in [5.74, 6) is 2.10. The van der Waals surface area contributed by atoms with Crippen LogP contribution in [0.5, 0.6) is 0 Å². The molecule has 0 aliphatic carbocycles. The SMILES string of the molecule is CN1CCSCC1C(=O)c1ccccc1Cl. The van der Waals surface area contributed by atoms with Crippen molar-refractivity contribution in [1.82, 2.24) is 4.90 Å². The monoisotopic (exact) mass is 255 g/mol. The van der Waals surface area contributed by atoms with E-state index >= 15 is 0 Å². The Hall–Kier alpha value is -0.510. The van der Waals surface area contributed by atoms with Crippen LogP contribution in [0.25, 0.3) is 0 Å². The van der Waals surface area contributed by atoms with Crippen LogP contribution in [0.2, 0.25) is 5.02 Å². The molecular formula is C12H14ClNOS. The van der Waals surface area contributed by atoms with Crippen molar-refractivity contribution in [3.63, 3.8) is 0 Å². The number of rotatable bonds is 2. The Morgan fingerprint density at radius 1 is 1.50 bits per heavy atom. The zero-order valence-corrected chi connectivity index (χ0v) is 10.7. The molecule has 0 bridgehead atoms. The summed E-state index contributed by atoms with van der Waals surface area (Å²) in [6.07, 6.45) is 0. The van der Waals surface area contributed by atoms with Crippen molar-refractivity contribution < 1.29 is 4.79 Å². The number of thioether (sulfide) groups is 1. The Kier molecular flexibility index (Phi) is 3.90. The number of nitrogens with zero attached hydrogens (tertiary/aromatic N) is 1. The second kappa shape index (κ2) is 5.21. The van der Waals surface area contributed by atoms with Gasteiger partial charge in [-0.3, -0.25) is 9.69 Å². The highest BCUT2D eigenvalue weighted by Crippen LogP contribution is 2.22. The Morgan fingerprint density at radius 3 is 2.94 bits per heavy atom. The number of hydrogen-bond donors (Lipinski definition) is 0. The molecule has 0 radical (unpaired) electrons. The summed E-state index contributed by atoms with van der Waals surface area (Å²) in [4.78, 5) is 14.4. The maximum Gasteiger partial charge on any atom is 0.182 e. The van der Waals surface area contributed by atoms with Crippen LogP contribution in [0, 0.1) is 0 Å². The number of carbonyl (C=O) groups excluding carboxylic acids is 1. The lowest BCUT2D eigenvalue weighted by Gasteiger charge is -2.31. The molecule has 1 aliphatic heterocycles. The van der Waals surface area contributed by atoms with Crippen LogP contribution in [0.3, 0.4) is 0 Å². The minimum atomic E-state index is -0.0290. The number of ketones is 1. The summed E-state index contributed by atoms with van der Waals surface area (Å²) in [7, 11) is 2.00. The third-order valence-electron chi connectivity index (χ3n) is 2.84. The van der Waals surface area contributed by atoms with Gasteiger partial charge >= 0.3 is 0 Å². The molecule has 1 aliphatic rings. The predicted molar refractivity (Wildman–Crippen MR) is 69.5 cm³/mol. The molecule has 1 unspecified atom stereocenters. The van der Waals surface area contributed by atoms with E-state index in [4.69, 9.17) is 11.6 Å². The lowest BCUT2D eigenvalue weighted by atomic mass is 10.0. The summed E-state index contributed by atoms with van der Waals surface area (Å²) >= 11 is 7.87. The van der Waals surface area contributed by atoms with Gasteiger partial charge < -0.3 is 0 Å². The van der Waals surface area contributed by atoms with Crippen molar-refractivity contribution >= 4 is 29.1 Å². The molecular weight excluding hydrogens is 242 g/mol. The van der Waals surface area contributed by atoms with E-state index in [1.165, 1.54) is 0 Å². The molecule has 0 N–H and O–H groups in total. The molecule has 4 heteroatoms. The second-order valence-electron chi connectivity index (χ2n) is 3.92. The van der Waals surface area contributed by atoms with Crippen LogP contribution in [0.4, 0.5) is 0 Å². The highest BCUT2D eigenvalue weighted by molar-refractivity contribution is 7.99. The number of likely N-dealkylation sites (N-methyl/N-ethyl adjacent to an activating group) is 1. The molecule has 1 heterocycles. The third-order valence-corrected chi connectivity index (χ3v) is 4.19. The molecule has 86 valence electrons. The fourth-order valence-electron chi connectivity index (χ4n) is 1.80. The largest absolute Gasteiger partial charge is 0.295 e. The molecule has 16 heavy (non-hydrogen) atoms. The second-order valence-corrected chi connectivity index (χ2v) is 5.47. The highest BCUT2D eigenvalue weighted by atomic mass is 35.5. The Bertz CT molecular complexity index is 396. The molecule has 1 aromatic rings. The molecule has 2 rings (SSSR count). The van der Waals surface area contributed by atoms with Crippen LogP contribution in [-0.4, -0.2) is 41.8 Å². The Morgan fingerprint density at radius 2 is 2.25 bits per heavy atom. The van der Waals surface area contributed by atoms with Gasteiger partial charge in [0.2, 0.25) is 0 Å².